The molecule has 0 aliphatic carbocycles. The number of carbonyl (C=O) groups excluding carboxylic acids is 1. The lowest BCUT2D eigenvalue weighted by Gasteiger charge is -2.23. The summed E-state index contributed by atoms with van der Waals surface area (Å²) in [6.07, 6.45) is 2.76. The number of hydrogen-bond donors (Lipinski definition) is 4. The smallest absolute Gasteiger partial charge is 0.323 e. The van der Waals surface area contributed by atoms with E-state index in [9.17, 15) is 14.7 Å². The summed E-state index contributed by atoms with van der Waals surface area (Å²) in [4.78, 5) is 22.2. The molecule has 4 N–H and O–H groups in total. The first-order valence-corrected chi connectivity index (χ1v) is 7.52. The number of hydroxylamine groups is 1. The number of carboxylic acid groups (broad SMARTS) is 1. The molecule has 7 heteroatoms. The minimum absolute atomic E-state index is 0.0793. The van der Waals surface area contributed by atoms with Crippen LogP contribution in [0.3, 0.4) is 0 Å². The van der Waals surface area contributed by atoms with Crippen LogP contribution in [0.4, 0.5) is 0 Å². The lowest BCUT2D eigenvalue weighted by atomic mass is 10.1. The van der Waals surface area contributed by atoms with E-state index in [4.69, 9.17) is 9.94 Å². The maximum Gasteiger partial charge on any atom is 0.323 e. The van der Waals surface area contributed by atoms with Gasteiger partial charge < -0.3 is 9.84 Å². The van der Waals surface area contributed by atoms with E-state index in [0.717, 1.165) is 11.1 Å². The van der Waals surface area contributed by atoms with Crippen molar-refractivity contribution in [1.82, 2.24) is 10.8 Å². The Morgan fingerprint density at radius 2 is 1.88 bits per heavy atom. The van der Waals surface area contributed by atoms with Gasteiger partial charge in [-0.05, 0) is 38.0 Å². The minimum atomic E-state index is -0.964. The van der Waals surface area contributed by atoms with Gasteiger partial charge in [0.25, 0.3) is 5.91 Å². The molecule has 0 saturated carbocycles. The van der Waals surface area contributed by atoms with E-state index in [0.29, 0.717) is 6.54 Å². The zero-order valence-corrected chi connectivity index (χ0v) is 14.1. The molecule has 0 fully saturated rings. The van der Waals surface area contributed by atoms with Crippen molar-refractivity contribution < 1.29 is 24.6 Å². The van der Waals surface area contributed by atoms with Crippen molar-refractivity contribution in [1.29, 1.82) is 0 Å². The van der Waals surface area contributed by atoms with Crippen molar-refractivity contribution in [2.45, 2.75) is 39.0 Å². The Hall–Kier alpha value is -2.22. The largest absolute Gasteiger partial charge is 0.480 e. The number of nitrogens with one attached hydrogen (secondary N) is 2. The van der Waals surface area contributed by atoms with Gasteiger partial charge in [0, 0.05) is 12.6 Å². The van der Waals surface area contributed by atoms with Crippen molar-refractivity contribution in [3.63, 3.8) is 0 Å². The lowest BCUT2D eigenvalue weighted by Crippen LogP contribution is -2.42. The van der Waals surface area contributed by atoms with Crippen molar-refractivity contribution in [3.8, 4) is 0 Å². The average molecular weight is 336 g/mol. The minimum Gasteiger partial charge on any atom is -0.480 e. The van der Waals surface area contributed by atoms with Crippen LogP contribution in [0.5, 0.6) is 0 Å². The summed E-state index contributed by atoms with van der Waals surface area (Å²) in [5.74, 6) is -1.57. The number of carboxylic acids is 1. The highest BCUT2D eigenvalue weighted by molar-refractivity contribution is 5.90. The quantitative estimate of drug-likeness (QED) is 0.326. The van der Waals surface area contributed by atoms with Crippen LogP contribution in [0.15, 0.2) is 30.3 Å². The Morgan fingerprint density at radius 3 is 2.38 bits per heavy atom. The average Bonchev–Trinajstić information content (AvgIpc) is 2.52. The van der Waals surface area contributed by atoms with Gasteiger partial charge >= 0.3 is 5.97 Å². The summed E-state index contributed by atoms with van der Waals surface area (Å²) < 4.78 is 5.51. The van der Waals surface area contributed by atoms with Gasteiger partial charge in [0.2, 0.25) is 0 Å². The molecule has 0 heterocycles. The number of aliphatic carboxylic acids is 1. The van der Waals surface area contributed by atoms with Gasteiger partial charge in [0.05, 0.1) is 12.2 Å². The highest BCUT2D eigenvalue weighted by Crippen LogP contribution is 2.09. The number of carbonyl (C=O) groups is 2. The molecule has 0 aliphatic rings. The van der Waals surface area contributed by atoms with Crippen LogP contribution in [-0.2, 0) is 20.9 Å². The van der Waals surface area contributed by atoms with Crippen molar-refractivity contribution >= 4 is 18.0 Å². The first-order chi connectivity index (χ1) is 11.2. The molecule has 1 atom stereocenters. The fourth-order valence-corrected chi connectivity index (χ4v) is 1.75. The van der Waals surface area contributed by atoms with Crippen LogP contribution in [0.2, 0.25) is 0 Å². The molecule has 7 nitrogen and oxygen atoms in total. The van der Waals surface area contributed by atoms with Crippen molar-refractivity contribution in [2.24, 2.45) is 0 Å². The Labute approximate surface area is 141 Å². The molecular weight excluding hydrogens is 312 g/mol. The number of hydrogen-bond acceptors (Lipinski definition) is 5. The summed E-state index contributed by atoms with van der Waals surface area (Å²) in [6.45, 7) is 6.07. The molecule has 0 aliphatic heterocycles. The molecule has 0 spiro atoms. The SMILES string of the molecule is CC(C)(C)OC[C@@H](NCc1ccc(/C=C/C(=O)NO)cc1)C(=O)O. The summed E-state index contributed by atoms with van der Waals surface area (Å²) in [7, 11) is 0. The molecule has 1 aromatic carbocycles. The second-order valence-corrected chi connectivity index (χ2v) is 6.25. The molecule has 0 bridgehead atoms. The van der Waals surface area contributed by atoms with Crippen LogP contribution >= 0.6 is 0 Å². The molecule has 0 unspecified atom stereocenters. The first-order valence-electron chi connectivity index (χ1n) is 7.52. The van der Waals surface area contributed by atoms with Crippen LogP contribution in [0.25, 0.3) is 6.08 Å². The fourth-order valence-electron chi connectivity index (χ4n) is 1.75. The Morgan fingerprint density at radius 1 is 1.25 bits per heavy atom. The van der Waals surface area contributed by atoms with E-state index in [1.807, 2.05) is 32.9 Å². The highest BCUT2D eigenvalue weighted by atomic mass is 16.5. The Balaban J connectivity index is 2.57. The van der Waals surface area contributed by atoms with Gasteiger partial charge in [0.1, 0.15) is 6.04 Å². The predicted molar refractivity (Wildman–Crippen MR) is 89.4 cm³/mol. The van der Waals surface area contributed by atoms with Crippen molar-refractivity contribution in [2.75, 3.05) is 6.61 Å². The molecule has 24 heavy (non-hydrogen) atoms. The van der Waals surface area contributed by atoms with Crippen LogP contribution in [-0.4, -0.2) is 40.4 Å². The molecule has 1 rings (SSSR count). The summed E-state index contributed by atoms with van der Waals surface area (Å²) in [5, 5.41) is 20.6. The zero-order valence-electron chi connectivity index (χ0n) is 14.1. The van der Waals surface area contributed by atoms with Crippen molar-refractivity contribution in [3.05, 3.63) is 41.5 Å². The van der Waals surface area contributed by atoms with E-state index in [1.165, 1.54) is 11.6 Å². The van der Waals surface area contributed by atoms with E-state index in [2.05, 4.69) is 5.32 Å². The van der Waals surface area contributed by atoms with Crippen LogP contribution in [0.1, 0.15) is 31.9 Å². The lowest BCUT2D eigenvalue weighted by molar-refractivity contribution is -0.142. The second-order valence-electron chi connectivity index (χ2n) is 6.25. The van der Waals surface area contributed by atoms with Gasteiger partial charge in [-0.25, -0.2) is 5.48 Å². The maximum atomic E-state index is 11.3. The Kier molecular flexibility index (Phi) is 7.57. The number of amides is 1. The van der Waals surface area contributed by atoms with E-state index >= 15 is 0 Å². The van der Waals surface area contributed by atoms with E-state index in [-0.39, 0.29) is 6.61 Å². The van der Waals surface area contributed by atoms with Gasteiger partial charge in [-0.15, -0.1) is 0 Å². The van der Waals surface area contributed by atoms with Gasteiger partial charge in [-0.1, -0.05) is 24.3 Å². The third-order valence-corrected chi connectivity index (χ3v) is 3.05. The monoisotopic (exact) mass is 336 g/mol. The molecule has 1 amide bonds. The van der Waals surface area contributed by atoms with Gasteiger partial charge in [0.15, 0.2) is 0 Å². The molecular formula is C17H24N2O5. The summed E-state index contributed by atoms with van der Waals surface area (Å²) in [5.41, 5.74) is 2.80. The first kappa shape index (κ1) is 19.8. The second kappa shape index (κ2) is 9.17. The van der Waals surface area contributed by atoms with E-state index in [1.54, 1.807) is 18.2 Å². The number of benzene rings is 1. The number of rotatable bonds is 8. The van der Waals surface area contributed by atoms with Gasteiger partial charge in [-0.3, -0.25) is 20.1 Å². The third kappa shape index (κ3) is 7.87. The fraction of sp³-hybridized carbons (Fsp3) is 0.412. The molecule has 0 saturated heterocycles. The molecule has 132 valence electrons. The summed E-state index contributed by atoms with van der Waals surface area (Å²) >= 11 is 0. The van der Waals surface area contributed by atoms with Crippen LogP contribution in [0, 0.1) is 0 Å². The zero-order chi connectivity index (χ0) is 18.2. The normalized spacial score (nSPS) is 13.0. The standard InChI is InChI=1S/C17H24N2O5/c1-17(2,3)24-11-14(16(21)22)18-10-13-6-4-12(5-7-13)8-9-15(20)19-23/h4-9,14,18,23H,10-11H2,1-3H3,(H,19,20)(H,21,22)/b9-8+/t14-/m1/s1. The van der Waals surface area contributed by atoms with E-state index < -0.39 is 23.5 Å². The maximum absolute atomic E-state index is 11.3. The van der Waals surface area contributed by atoms with Gasteiger partial charge in [-0.2, -0.15) is 0 Å². The third-order valence-electron chi connectivity index (χ3n) is 3.05. The topological polar surface area (TPSA) is 108 Å². The predicted octanol–water partition coefficient (Wildman–Crippen LogP) is 1.56. The Bertz CT molecular complexity index is 576. The van der Waals surface area contributed by atoms with Crippen LogP contribution < -0.4 is 10.8 Å². The molecule has 0 aromatic heterocycles. The summed E-state index contributed by atoms with van der Waals surface area (Å²) in [6, 6.07) is 6.44. The number of ether oxygens (including phenoxy) is 1. The molecule has 1 aromatic rings. The highest BCUT2D eigenvalue weighted by Gasteiger charge is 2.20. The molecule has 0 radical (unpaired) electrons.